The van der Waals surface area contributed by atoms with Gasteiger partial charge in [-0.2, -0.15) is 5.10 Å². The van der Waals surface area contributed by atoms with Crippen molar-refractivity contribution in [3.63, 3.8) is 0 Å². The maximum absolute atomic E-state index is 5.76. The van der Waals surface area contributed by atoms with Crippen molar-refractivity contribution < 1.29 is 0 Å². The molecule has 0 saturated heterocycles. The van der Waals surface area contributed by atoms with Gasteiger partial charge in [0.25, 0.3) is 0 Å². The Kier molecular flexibility index (Phi) is 4.12. The summed E-state index contributed by atoms with van der Waals surface area (Å²) < 4.78 is 1.87. The lowest BCUT2D eigenvalue weighted by Crippen LogP contribution is -2.33. The van der Waals surface area contributed by atoms with E-state index in [-0.39, 0.29) is 6.04 Å². The Balaban J connectivity index is 2.34. The van der Waals surface area contributed by atoms with Crippen LogP contribution in [0.2, 0.25) is 0 Å². The summed E-state index contributed by atoms with van der Waals surface area (Å²) in [6, 6.07) is 12.5. The maximum atomic E-state index is 5.76. The Bertz CT molecular complexity index is 478. The average Bonchev–Trinajstić information content (AvgIpc) is 2.83. The molecule has 0 amide bonds. The van der Waals surface area contributed by atoms with Gasteiger partial charge in [0, 0.05) is 19.2 Å². The van der Waals surface area contributed by atoms with E-state index in [0.717, 1.165) is 12.1 Å². The van der Waals surface area contributed by atoms with Gasteiger partial charge in [0.1, 0.15) is 0 Å². The van der Waals surface area contributed by atoms with Crippen LogP contribution in [0.15, 0.2) is 42.6 Å². The SMILES string of the molecule is CCC(c1ccccc1)C(NN)c1ccnn1C. The lowest BCUT2D eigenvalue weighted by Gasteiger charge is -2.26. The molecule has 0 fully saturated rings. The fourth-order valence-corrected chi connectivity index (χ4v) is 2.46. The summed E-state index contributed by atoms with van der Waals surface area (Å²) in [6.07, 6.45) is 2.82. The van der Waals surface area contributed by atoms with Crippen LogP contribution in [0.5, 0.6) is 0 Å². The minimum absolute atomic E-state index is 0.0740. The zero-order chi connectivity index (χ0) is 13.0. The summed E-state index contributed by atoms with van der Waals surface area (Å²) in [5.74, 6) is 6.10. The van der Waals surface area contributed by atoms with Gasteiger partial charge in [-0.05, 0) is 18.1 Å². The summed E-state index contributed by atoms with van der Waals surface area (Å²) in [5.41, 5.74) is 5.33. The molecule has 1 heterocycles. The van der Waals surface area contributed by atoms with Crippen molar-refractivity contribution in [2.75, 3.05) is 0 Å². The first kappa shape index (κ1) is 12.8. The average molecular weight is 244 g/mol. The Morgan fingerprint density at radius 1 is 1.28 bits per heavy atom. The first-order valence-corrected chi connectivity index (χ1v) is 6.27. The number of hydrazine groups is 1. The van der Waals surface area contributed by atoms with E-state index < -0.39 is 0 Å². The molecule has 0 aliphatic heterocycles. The fourth-order valence-electron chi connectivity index (χ4n) is 2.46. The zero-order valence-corrected chi connectivity index (χ0v) is 10.9. The third-order valence-corrected chi connectivity index (χ3v) is 3.43. The topological polar surface area (TPSA) is 55.9 Å². The summed E-state index contributed by atoms with van der Waals surface area (Å²) >= 11 is 0. The second kappa shape index (κ2) is 5.80. The van der Waals surface area contributed by atoms with Crippen LogP contribution in [0.25, 0.3) is 0 Å². The molecule has 4 heteroatoms. The van der Waals surface area contributed by atoms with Crippen LogP contribution in [0.1, 0.15) is 36.6 Å². The molecular weight excluding hydrogens is 224 g/mol. The molecule has 4 nitrogen and oxygen atoms in total. The molecule has 1 aromatic heterocycles. The lowest BCUT2D eigenvalue weighted by atomic mass is 9.87. The third kappa shape index (κ3) is 2.44. The van der Waals surface area contributed by atoms with Crippen molar-refractivity contribution in [1.29, 1.82) is 0 Å². The van der Waals surface area contributed by atoms with Crippen LogP contribution in [-0.4, -0.2) is 9.78 Å². The number of nitrogens with zero attached hydrogens (tertiary/aromatic N) is 2. The van der Waals surface area contributed by atoms with E-state index in [1.165, 1.54) is 5.56 Å². The van der Waals surface area contributed by atoms with Crippen LogP contribution in [0.4, 0.5) is 0 Å². The number of rotatable bonds is 5. The number of aryl methyl sites for hydroxylation is 1. The second-order valence-electron chi connectivity index (χ2n) is 4.45. The largest absolute Gasteiger partial charge is 0.271 e. The molecule has 2 aromatic rings. The van der Waals surface area contributed by atoms with E-state index in [1.807, 2.05) is 23.9 Å². The van der Waals surface area contributed by atoms with E-state index in [4.69, 9.17) is 5.84 Å². The summed E-state index contributed by atoms with van der Waals surface area (Å²) in [4.78, 5) is 0. The molecule has 2 unspecified atom stereocenters. The van der Waals surface area contributed by atoms with Gasteiger partial charge < -0.3 is 0 Å². The monoisotopic (exact) mass is 244 g/mol. The molecule has 3 N–H and O–H groups in total. The molecule has 2 rings (SSSR count). The molecule has 0 spiro atoms. The Morgan fingerprint density at radius 2 is 2.00 bits per heavy atom. The highest BCUT2D eigenvalue weighted by atomic mass is 15.3. The van der Waals surface area contributed by atoms with Gasteiger partial charge in [0.15, 0.2) is 0 Å². The Hall–Kier alpha value is -1.65. The zero-order valence-electron chi connectivity index (χ0n) is 10.9. The first-order valence-electron chi connectivity index (χ1n) is 6.27. The van der Waals surface area contributed by atoms with E-state index in [9.17, 15) is 0 Å². The summed E-state index contributed by atoms with van der Waals surface area (Å²) in [7, 11) is 1.94. The van der Waals surface area contributed by atoms with Crippen molar-refractivity contribution in [3.05, 3.63) is 53.9 Å². The Labute approximate surface area is 108 Å². The van der Waals surface area contributed by atoms with E-state index in [1.54, 1.807) is 6.20 Å². The number of hydrogen-bond donors (Lipinski definition) is 2. The molecule has 0 radical (unpaired) electrons. The first-order chi connectivity index (χ1) is 8.77. The number of benzene rings is 1. The van der Waals surface area contributed by atoms with Crippen LogP contribution < -0.4 is 11.3 Å². The van der Waals surface area contributed by atoms with Gasteiger partial charge in [0.05, 0.1) is 11.7 Å². The fraction of sp³-hybridized carbons (Fsp3) is 0.357. The molecule has 96 valence electrons. The number of nitrogens with two attached hydrogens (primary N) is 1. The third-order valence-electron chi connectivity index (χ3n) is 3.43. The molecule has 18 heavy (non-hydrogen) atoms. The van der Waals surface area contributed by atoms with Crippen LogP contribution in [-0.2, 0) is 7.05 Å². The lowest BCUT2D eigenvalue weighted by molar-refractivity contribution is 0.420. The quantitative estimate of drug-likeness (QED) is 0.625. The normalized spacial score (nSPS) is 14.4. The molecular formula is C14H20N4. The molecule has 0 bridgehead atoms. The van der Waals surface area contributed by atoms with Gasteiger partial charge in [-0.3, -0.25) is 16.0 Å². The van der Waals surface area contributed by atoms with Gasteiger partial charge >= 0.3 is 0 Å². The molecule has 2 atom stereocenters. The van der Waals surface area contributed by atoms with Crippen molar-refractivity contribution in [2.45, 2.75) is 25.3 Å². The van der Waals surface area contributed by atoms with Gasteiger partial charge in [0.2, 0.25) is 0 Å². The highest BCUT2D eigenvalue weighted by molar-refractivity contribution is 5.24. The van der Waals surface area contributed by atoms with E-state index >= 15 is 0 Å². The number of nitrogens with one attached hydrogen (secondary N) is 1. The predicted molar refractivity (Wildman–Crippen MR) is 72.7 cm³/mol. The molecule has 0 aliphatic rings. The summed E-state index contributed by atoms with van der Waals surface area (Å²) in [5, 5.41) is 4.22. The summed E-state index contributed by atoms with van der Waals surface area (Å²) in [6.45, 7) is 2.18. The van der Waals surface area contributed by atoms with Crippen LogP contribution in [0.3, 0.4) is 0 Å². The minimum Gasteiger partial charge on any atom is -0.271 e. The molecule has 0 saturated carbocycles. The van der Waals surface area contributed by atoms with Gasteiger partial charge in [-0.1, -0.05) is 37.3 Å². The predicted octanol–water partition coefficient (Wildman–Crippen LogP) is 2.12. The number of hydrogen-bond acceptors (Lipinski definition) is 3. The second-order valence-corrected chi connectivity index (χ2v) is 4.45. The smallest absolute Gasteiger partial charge is 0.0697 e. The van der Waals surface area contributed by atoms with Crippen molar-refractivity contribution in [1.82, 2.24) is 15.2 Å². The van der Waals surface area contributed by atoms with Gasteiger partial charge in [-0.15, -0.1) is 0 Å². The van der Waals surface area contributed by atoms with Crippen molar-refractivity contribution in [2.24, 2.45) is 12.9 Å². The maximum Gasteiger partial charge on any atom is 0.0697 e. The molecule has 0 aliphatic carbocycles. The minimum atomic E-state index is 0.0740. The van der Waals surface area contributed by atoms with Gasteiger partial charge in [-0.25, -0.2) is 0 Å². The molecule has 1 aromatic carbocycles. The van der Waals surface area contributed by atoms with Crippen LogP contribution in [0, 0.1) is 0 Å². The Morgan fingerprint density at radius 3 is 2.50 bits per heavy atom. The number of aromatic nitrogens is 2. The highest BCUT2D eigenvalue weighted by Crippen LogP contribution is 2.32. The highest BCUT2D eigenvalue weighted by Gasteiger charge is 2.24. The van der Waals surface area contributed by atoms with Crippen molar-refractivity contribution >= 4 is 0 Å². The van der Waals surface area contributed by atoms with E-state index in [2.05, 4.69) is 41.7 Å². The van der Waals surface area contributed by atoms with Crippen molar-refractivity contribution in [3.8, 4) is 0 Å². The van der Waals surface area contributed by atoms with Crippen LogP contribution >= 0.6 is 0 Å². The van der Waals surface area contributed by atoms with E-state index in [0.29, 0.717) is 5.92 Å². The standard InChI is InChI=1S/C14H20N4/c1-3-12(11-7-5-4-6-8-11)14(17-15)13-9-10-16-18(13)2/h4-10,12,14,17H,3,15H2,1-2H3.